The van der Waals surface area contributed by atoms with Gasteiger partial charge in [0.15, 0.2) is 0 Å². The number of likely N-dealkylation sites (N-methyl/N-ethyl adjacent to an activating group) is 1. The topological polar surface area (TPSA) is 41.3 Å². The Morgan fingerprint density at radius 3 is 2.60 bits per heavy atom. The van der Waals surface area contributed by atoms with E-state index in [-0.39, 0.29) is 11.6 Å². The quantitative estimate of drug-likeness (QED) is 0.655. The molecule has 1 aliphatic carbocycles. The fourth-order valence-electron chi connectivity index (χ4n) is 3.94. The first-order chi connectivity index (χ1) is 9.51. The summed E-state index contributed by atoms with van der Waals surface area (Å²) in [7, 11) is 4.39. The van der Waals surface area contributed by atoms with Crippen molar-refractivity contribution < 1.29 is 0 Å². The molecule has 0 heterocycles. The first kappa shape index (κ1) is 15.5. The van der Waals surface area contributed by atoms with Gasteiger partial charge in [-0.2, -0.15) is 0 Å². The fourth-order valence-corrected chi connectivity index (χ4v) is 3.94. The Bertz CT molecular complexity index is 444. The summed E-state index contributed by atoms with van der Waals surface area (Å²) >= 11 is 0. The lowest BCUT2D eigenvalue weighted by molar-refractivity contribution is 0.0364. The molecule has 1 aliphatic rings. The van der Waals surface area contributed by atoms with Crippen LogP contribution in [0.3, 0.4) is 0 Å². The van der Waals surface area contributed by atoms with Crippen LogP contribution in [0.2, 0.25) is 0 Å². The third-order valence-electron chi connectivity index (χ3n) is 5.10. The van der Waals surface area contributed by atoms with Crippen molar-refractivity contribution in [2.24, 2.45) is 11.8 Å². The zero-order chi connectivity index (χ0) is 14.8. The van der Waals surface area contributed by atoms with Gasteiger partial charge in [0.25, 0.3) is 0 Å². The van der Waals surface area contributed by atoms with Crippen LogP contribution in [0.5, 0.6) is 0 Å². The van der Waals surface area contributed by atoms with Crippen molar-refractivity contribution in [3.8, 4) is 0 Å². The summed E-state index contributed by atoms with van der Waals surface area (Å²) in [4.78, 5) is 2.39. The molecule has 0 aliphatic heterocycles. The third kappa shape index (κ3) is 2.76. The number of nitrogens with two attached hydrogens (primary N) is 1. The number of benzene rings is 1. The molecule has 1 aromatic rings. The lowest BCUT2D eigenvalue weighted by Gasteiger charge is -2.50. The van der Waals surface area contributed by atoms with Gasteiger partial charge in [-0.1, -0.05) is 44.0 Å². The zero-order valence-electron chi connectivity index (χ0n) is 13.3. The Balaban J connectivity index is 2.43. The van der Waals surface area contributed by atoms with Crippen LogP contribution in [0.15, 0.2) is 24.3 Å². The molecule has 3 N–H and O–H groups in total. The van der Waals surface area contributed by atoms with Crippen molar-refractivity contribution in [2.45, 2.75) is 51.1 Å². The number of hydrazine groups is 1. The summed E-state index contributed by atoms with van der Waals surface area (Å²) in [5.74, 6) is 6.75. The van der Waals surface area contributed by atoms with Gasteiger partial charge in [-0.3, -0.25) is 11.3 Å². The lowest BCUT2D eigenvalue weighted by atomic mass is 9.69. The molecule has 0 saturated heterocycles. The first-order valence-corrected chi connectivity index (χ1v) is 7.70. The number of aryl methyl sites for hydroxylation is 1. The van der Waals surface area contributed by atoms with Crippen LogP contribution < -0.4 is 11.3 Å². The third-order valence-corrected chi connectivity index (χ3v) is 5.10. The highest BCUT2D eigenvalue weighted by Crippen LogP contribution is 2.44. The highest BCUT2D eigenvalue weighted by atomic mass is 15.3. The molecule has 0 amide bonds. The Morgan fingerprint density at radius 1 is 1.35 bits per heavy atom. The minimum atomic E-state index is 0.110. The summed E-state index contributed by atoms with van der Waals surface area (Å²) in [5.41, 5.74) is 5.89. The van der Waals surface area contributed by atoms with Crippen molar-refractivity contribution in [1.82, 2.24) is 10.3 Å². The van der Waals surface area contributed by atoms with E-state index >= 15 is 0 Å². The molecule has 112 valence electrons. The van der Waals surface area contributed by atoms with E-state index in [1.54, 1.807) is 0 Å². The summed E-state index contributed by atoms with van der Waals surface area (Å²) < 4.78 is 0. The van der Waals surface area contributed by atoms with Crippen LogP contribution in [0, 0.1) is 12.8 Å². The van der Waals surface area contributed by atoms with E-state index in [1.807, 2.05) is 0 Å². The van der Waals surface area contributed by atoms with Crippen molar-refractivity contribution in [2.75, 3.05) is 14.1 Å². The molecule has 3 atom stereocenters. The zero-order valence-corrected chi connectivity index (χ0v) is 13.3. The Morgan fingerprint density at radius 2 is 2.05 bits per heavy atom. The largest absolute Gasteiger partial charge is 0.302 e. The monoisotopic (exact) mass is 275 g/mol. The Hall–Kier alpha value is -0.900. The Kier molecular flexibility index (Phi) is 4.84. The van der Waals surface area contributed by atoms with E-state index in [4.69, 9.17) is 5.84 Å². The highest BCUT2D eigenvalue weighted by molar-refractivity contribution is 5.32. The molecule has 3 heteroatoms. The fraction of sp³-hybridized carbons (Fsp3) is 0.647. The van der Waals surface area contributed by atoms with Gasteiger partial charge < -0.3 is 4.90 Å². The molecule has 1 aromatic carbocycles. The number of nitrogens with one attached hydrogen (secondary N) is 1. The summed E-state index contributed by atoms with van der Waals surface area (Å²) in [5, 5.41) is 0. The maximum Gasteiger partial charge on any atom is 0.0646 e. The first-order valence-electron chi connectivity index (χ1n) is 7.70. The molecule has 0 bridgehead atoms. The van der Waals surface area contributed by atoms with Crippen molar-refractivity contribution in [3.63, 3.8) is 0 Å². The van der Waals surface area contributed by atoms with Gasteiger partial charge in [0.05, 0.1) is 6.04 Å². The predicted molar refractivity (Wildman–Crippen MR) is 85.3 cm³/mol. The molecular formula is C17H29N3. The van der Waals surface area contributed by atoms with Gasteiger partial charge in [-0.15, -0.1) is 0 Å². The van der Waals surface area contributed by atoms with Crippen LogP contribution in [-0.2, 0) is 0 Å². The average Bonchev–Trinajstić information content (AvgIpc) is 2.41. The number of hydrogen-bond acceptors (Lipinski definition) is 3. The number of hydrogen-bond donors (Lipinski definition) is 2. The maximum absolute atomic E-state index is 6.00. The van der Waals surface area contributed by atoms with Crippen LogP contribution in [-0.4, -0.2) is 24.5 Å². The van der Waals surface area contributed by atoms with E-state index in [0.717, 1.165) is 5.92 Å². The van der Waals surface area contributed by atoms with Crippen molar-refractivity contribution in [3.05, 3.63) is 35.4 Å². The SMILES string of the molecule is Cc1ccccc1C(NN)C1(N(C)C)CCCC(C)C1. The minimum Gasteiger partial charge on any atom is -0.302 e. The van der Waals surface area contributed by atoms with E-state index < -0.39 is 0 Å². The van der Waals surface area contributed by atoms with E-state index in [9.17, 15) is 0 Å². The maximum atomic E-state index is 6.00. The molecular weight excluding hydrogens is 246 g/mol. The highest BCUT2D eigenvalue weighted by Gasteiger charge is 2.44. The van der Waals surface area contributed by atoms with Gasteiger partial charge in [-0.25, -0.2) is 0 Å². The second kappa shape index (κ2) is 6.25. The number of nitrogens with zero attached hydrogens (tertiary/aromatic N) is 1. The molecule has 1 fully saturated rings. The molecule has 0 aromatic heterocycles. The number of rotatable bonds is 4. The average molecular weight is 275 g/mol. The second-order valence-corrected chi connectivity index (χ2v) is 6.66. The predicted octanol–water partition coefficient (Wildman–Crippen LogP) is 3.01. The van der Waals surface area contributed by atoms with Gasteiger partial charge in [0.2, 0.25) is 0 Å². The smallest absolute Gasteiger partial charge is 0.0646 e. The van der Waals surface area contributed by atoms with Crippen molar-refractivity contribution >= 4 is 0 Å². The van der Waals surface area contributed by atoms with Gasteiger partial charge in [0.1, 0.15) is 0 Å². The van der Waals surface area contributed by atoms with Crippen LogP contribution in [0.25, 0.3) is 0 Å². The summed E-state index contributed by atoms with van der Waals surface area (Å²) in [6, 6.07) is 8.78. The normalized spacial score (nSPS) is 28.6. The van der Waals surface area contributed by atoms with Gasteiger partial charge >= 0.3 is 0 Å². The summed E-state index contributed by atoms with van der Waals surface area (Å²) in [6.45, 7) is 4.54. The van der Waals surface area contributed by atoms with Gasteiger partial charge in [-0.05, 0) is 50.9 Å². The van der Waals surface area contributed by atoms with E-state index in [0.29, 0.717) is 0 Å². The molecule has 1 saturated carbocycles. The molecule has 0 radical (unpaired) electrons. The minimum absolute atomic E-state index is 0.110. The van der Waals surface area contributed by atoms with Crippen LogP contribution in [0.1, 0.15) is 49.8 Å². The standard InChI is InChI=1S/C17H29N3/c1-13-8-7-11-17(12-13,20(3)4)16(19-18)15-10-6-5-9-14(15)2/h5-6,9-10,13,16,19H,7-8,11-12,18H2,1-4H3. The van der Waals surface area contributed by atoms with E-state index in [1.165, 1.54) is 36.8 Å². The van der Waals surface area contributed by atoms with Crippen LogP contribution >= 0.6 is 0 Å². The van der Waals surface area contributed by atoms with E-state index in [2.05, 4.69) is 62.5 Å². The second-order valence-electron chi connectivity index (χ2n) is 6.66. The lowest BCUT2D eigenvalue weighted by Crippen LogP contribution is -2.57. The molecule has 20 heavy (non-hydrogen) atoms. The summed E-state index contributed by atoms with van der Waals surface area (Å²) in [6.07, 6.45) is 5.01. The molecule has 0 spiro atoms. The molecule has 3 nitrogen and oxygen atoms in total. The van der Waals surface area contributed by atoms with Gasteiger partial charge in [0, 0.05) is 5.54 Å². The molecule has 2 rings (SSSR count). The Labute approximate surface area is 123 Å². The molecule has 3 unspecified atom stereocenters. The van der Waals surface area contributed by atoms with Crippen LogP contribution in [0.4, 0.5) is 0 Å². The van der Waals surface area contributed by atoms with Crippen molar-refractivity contribution in [1.29, 1.82) is 0 Å².